The van der Waals surface area contributed by atoms with E-state index >= 15 is 0 Å². The number of aromatic nitrogens is 2. The average Bonchev–Trinajstić information content (AvgIpc) is 2.05. The third kappa shape index (κ3) is 2.92. The Morgan fingerprint density at radius 1 is 1.75 bits per heavy atom. The van der Waals surface area contributed by atoms with E-state index in [1.165, 1.54) is 6.20 Å². The van der Waals surface area contributed by atoms with Gasteiger partial charge in [-0.1, -0.05) is 12.2 Å². The zero-order valence-corrected chi connectivity index (χ0v) is 7.60. The van der Waals surface area contributed by atoms with Crippen LogP contribution in [0.4, 0.5) is 0 Å². The van der Waals surface area contributed by atoms with Crippen molar-refractivity contribution in [3.05, 3.63) is 34.9 Å². The van der Waals surface area contributed by atoms with Gasteiger partial charge in [0.05, 0.1) is 5.03 Å². The van der Waals surface area contributed by atoms with Crippen molar-refractivity contribution in [2.75, 3.05) is 5.75 Å². The lowest BCUT2D eigenvalue weighted by Crippen LogP contribution is -2.08. The third-order valence-corrected chi connectivity index (χ3v) is 2.13. The van der Waals surface area contributed by atoms with Crippen LogP contribution in [-0.4, -0.2) is 15.7 Å². The largest absolute Gasteiger partial charge is 0.345 e. The molecule has 0 fully saturated rings. The minimum atomic E-state index is -0.291. The van der Waals surface area contributed by atoms with Crippen LogP contribution in [0.15, 0.2) is 34.2 Å². The van der Waals surface area contributed by atoms with Crippen LogP contribution < -0.4 is 5.69 Å². The molecule has 1 N–H and O–H groups in total. The van der Waals surface area contributed by atoms with E-state index in [4.69, 9.17) is 0 Å². The lowest BCUT2D eigenvalue weighted by atomic mass is 10.6. The summed E-state index contributed by atoms with van der Waals surface area (Å²) in [5, 5.41) is 0.855. The minimum absolute atomic E-state index is 0.291. The van der Waals surface area contributed by atoms with E-state index in [0.29, 0.717) is 0 Å². The van der Waals surface area contributed by atoms with Gasteiger partial charge in [0.1, 0.15) is 0 Å². The van der Waals surface area contributed by atoms with Crippen molar-refractivity contribution in [1.82, 2.24) is 9.97 Å². The van der Waals surface area contributed by atoms with Gasteiger partial charge in [0.2, 0.25) is 0 Å². The van der Waals surface area contributed by atoms with Gasteiger partial charge >= 0.3 is 5.69 Å². The molecule has 0 saturated carbocycles. The van der Waals surface area contributed by atoms with E-state index in [0.717, 1.165) is 10.8 Å². The summed E-state index contributed by atoms with van der Waals surface area (Å²) in [6, 6.07) is 1.79. The highest BCUT2D eigenvalue weighted by atomic mass is 32.2. The summed E-state index contributed by atoms with van der Waals surface area (Å²) in [5.74, 6) is 0.871. The molecule has 0 saturated heterocycles. The van der Waals surface area contributed by atoms with Gasteiger partial charge < -0.3 is 4.98 Å². The van der Waals surface area contributed by atoms with Gasteiger partial charge in [-0.15, -0.1) is 11.8 Å². The maximum absolute atomic E-state index is 10.7. The van der Waals surface area contributed by atoms with Gasteiger partial charge in [-0.2, -0.15) is 0 Å². The van der Waals surface area contributed by atoms with E-state index < -0.39 is 0 Å². The quantitative estimate of drug-likeness (QED) is 0.437. The van der Waals surface area contributed by atoms with Crippen molar-refractivity contribution >= 4 is 11.8 Å². The van der Waals surface area contributed by atoms with Crippen LogP contribution in [0.2, 0.25) is 0 Å². The van der Waals surface area contributed by atoms with Crippen molar-refractivity contribution in [3.63, 3.8) is 0 Å². The van der Waals surface area contributed by atoms with Crippen LogP contribution >= 0.6 is 11.8 Å². The standard InChI is InChI=1S/C8H10N2OS/c1-2-3-6-12-7-4-5-9-8(11)10-7/h2-5H,6H2,1H3,(H,9,10,11). The molecule has 0 aliphatic carbocycles. The van der Waals surface area contributed by atoms with Crippen LogP contribution in [0.1, 0.15) is 6.92 Å². The molecule has 12 heavy (non-hydrogen) atoms. The molecular formula is C8H10N2OS. The second kappa shape index (κ2) is 4.77. The molecule has 0 spiro atoms. The van der Waals surface area contributed by atoms with Gasteiger partial charge in [0, 0.05) is 11.9 Å². The normalized spacial score (nSPS) is 10.8. The number of hydrogen-bond donors (Lipinski definition) is 1. The van der Waals surface area contributed by atoms with Gasteiger partial charge in [-0.05, 0) is 13.0 Å². The summed E-state index contributed by atoms with van der Waals surface area (Å²) in [6.07, 6.45) is 5.52. The fourth-order valence-corrected chi connectivity index (χ4v) is 1.46. The molecule has 1 aromatic rings. The lowest BCUT2D eigenvalue weighted by molar-refractivity contribution is 0.980. The molecule has 1 aromatic heterocycles. The first-order valence-electron chi connectivity index (χ1n) is 3.62. The number of rotatable bonds is 3. The van der Waals surface area contributed by atoms with Crippen molar-refractivity contribution in [2.24, 2.45) is 0 Å². The molecule has 4 heteroatoms. The number of hydrogen-bond acceptors (Lipinski definition) is 3. The van der Waals surface area contributed by atoms with Gasteiger partial charge in [0.15, 0.2) is 0 Å². The Bertz CT molecular complexity index is 319. The Balaban J connectivity index is 2.58. The Morgan fingerprint density at radius 3 is 3.25 bits per heavy atom. The highest BCUT2D eigenvalue weighted by molar-refractivity contribution is 7.99. The fourth-order valence-electron chi connectivity index (χ4n) is 0.670. The molecule has 1 heterocycles. The van der Waals surface area contributed by atoms with E-state index in [2.05, 4.69) is 9.97 Å². The first-order valence-corrected chi connectivity index (χ1v) is 4.61. The second-order valence-corrected chi connectivity index (χ2v) is 3.18. The van der Waals surface area contributed by atoms with E-state index in [9.17, 15) is 4.79 Å². The highest BCUT2D eigenvalue weighted by Crippen LogP contribution is 2.11. The summed E-state index contributed by atoms with van der Waals surface area (Å²) < 4.78 is 0. The smallest absolute Gasteiger partial charge is 0.300 e. The first-order chi connectivity index (χ1) is 5.83. The monoisotopic (exact) mass is 182 g/mol. The van der Waals surface area contributed by atoms with Crippen molar-refractivity contribution in [3.8, 4) is 0 Å². The molecule has 3 nitrogen and oxygen atoms in total. The maximum atomic E-state index is 10.7. The molecule has 0 bridgehead atoms. The Morgan fingerprint density at radius 2 is 2.58 bits per heavy atom. The van der Waals surface area contributed by atoms with Crippen molar-refractivity contribution in [2.45, 2.75) is 11.9 Å². The summed E-state index contributed by atoms with van der Waals surface area (Å²) in [4.78, 5) is 16.9. The summed E-state index contributed by atoms with van der Waals surface area (Å²) in [7, 11) is 0. The molecule has 64 valence electrons. The SMILES string of the molecule is CC=CCSc1ccnc(=O)[nH]1. The number of allylic oxidation sites excluding steroid dienone is 1. The van der Waals surface area contributed by atoms with Crippen LogP contribution in [0.3, 0.4) is 0 Å². The van der Waals surface area contributed by atoms with Crippen molar-refractivity contribution in [1.29, 1.82) is 0 Å². The zero-order chi connectivity index (χ0) is 8.81. The summed E-state index contributed by atoms with van der Waals surface area (Å²) >= 11 is 1.58. The van der Waals surface area contributed by atoms with Gasteiger partial charge in [0.25, 0.3) is 0 Å². The average molecular weight is 182 g/mol. The molecule has 0 unspecified atom stereocenters. The van der Waals surface area contributed by atoms with E-state index in [1.54, 1.807) is 17.8 Å². The molecule has 0 radical (unpaired) electrons. The second-order valence-electron chi connectivity index (χ2n) is 2.12. The number of nitrogens with zero attached hydrogens (tertiary/aromatic N) is 1. The predicted octanol–water partition coefficient (Wildman–Crippen LogP) is 1.44. The molecule has 0 amide bonds. The van der Waals surface area contributed by atoms with Crippen LogP contribution in [0.25, 0.3) is 0 Å². The number of nitrogens with one attached hydrogen (secondary N) is 1. The van der Waals surface area contributed by atoms with Crippen LogP contribution in [-0.2, 0) is 0 Å². The molecular weight excluding hydrogens is 172 g/mol. The zero-order valence-electron chi connectivity index (χ0n) is 6.78. The Labute approximate surface area is 74.9 Å². The number of H-pyrrole nitrogens is 1. The Kier molecular flexibility index (Phi) is 3.60. The topological polar surface area (TPSA) is 45.8 Å². The van der Waals surface area contributed by atoms with Gasteiger partial charge in [-0.3, -0.25) is 0 Å². The summed E-state index contributed by atoms with van der Waals surface area (Å²) in [5.41, 5.74) is -0.291. The predicted molar refractivity (Wildman–Crippen MR) is 50.4 cm³/mol. The molecule has 1 rings (SSSR count). The number of thioether (sulfide) groups is 1. The molecule has 0 aliphatic heterocycles. The number of aromatic amines is 1. The third-order valence-electron chi connectivity index (χ3n) is 1.22. The maximum Gasteiger partial charge on any atom is 0.345 e. The molecule has 0 aromatic carbocycles. The summed E-state index contributed by atoms with van der Waals surface area (Å²) in [6.45, 7) is 1.97. The highest BCUT2D eigenvalue weighted by Gasteiger charge is 1.91. The molecule has 0 atom stereocenters. The van der Waals surface area contributed by atoms with Crippen LogP contribution in [0, 0.1) is 0 Å². The fraction of sp³-hybridized carbons (Fsp3) is 0.250. The minimum Gasteiger partial charge on any atom is -0.300 e. The first kappa shape index (κ1) is 9.06. The van der Waals surface area contributed by atoms with E-state index in [1.807, 2.05) is 19.1 Å². The van der Waals surface area contributed by atoms with E-state index in [-0.39, 0.29) is 5.69 Å². The van der Waals surface area contributed by atoms with Gasteiger partial charge in [-0.25, -0.2) is 9.78 Å². The Hall–Kier alpha value is -1.03. The van der Waals surface area contributed by atoms with Crippen LogP contribution in [0.5, 0.6) is 0 Å². The lowest BCUT2D eigenvalue weighted by Gasteiger charge is -1.94. The van der Waals surface area contributed by atoms with Crippen molar-refractivity contribution < 1.29 is 0 Å². The molecule has 0 aliphatic rings.